The fraction of sp³-hybridized carbons (Fsp3) is 0.538. The summed E-state index contributed by atoms with van der Waals surface area (Å²) < 4.78 is 41.1. The van der Waals surface area contributed by atoms with Gasteiger partial charge in [0.05, 0.1) is 0 Å². The molecule has 1 fully saturated rings. The summed E-state index contributed by atoms with van der Waals surface area (Å²) in [6.45, 7) is -1.21. The van der Waals surface area contributed by atoms with Crippen molar-refractivity contribution in [3.63, 3.8) is 0 Å². The van der Waals surface area contributed by atoms with Crippen LogP contribution in [0.1, 0.15) is 23.3 Å². The van der Waals surface area contributed by atoms with Crippen LogP contribution in [0.25, 0.3) is 0 Å². The summed E-state index contributed by atoms with van der Waals surface area (Å²) >= 11 is 0. The number of halogens is 5. The summed E-state index contributed by atoms with van der Waals surface area (Å²) in [7, 11) is 0. The maximum Gasteiger partial charge on any atom is 0.422 e. The zero-order valence-corrected chi connectivity index (χ0v) is 13.6. The molecule has 5 nitrogen and oxygen atoms in total. The van der Waals surface area contributed by atoms with E-state index in [1.165, 1.54) is 18.3 Å². The van der Waals surface area contributed by atoms with Crippen LogP contribution in [-0.2, 0) is 0 Å². The Morgan fingerprint density at radius 3 is 2.65 bits per heavy atom. The minimum Gasteiger partial charge on any atom is -0.482 e. The molecule has 0 aliphatic heterocycles. The first-order chi connectivity index (χ1) is 9.87. The molecule has 1 aromatic heterocycles. The average molecular weight is 376 g/mol. The van der Waals surface area contributed by atoms with Crippen molar-refractivity contribution in [1.29, 1.82) is 0 Å². The zero-order valence-electron chi connectivity index (χ0n) is 12.0. The number of alkyl halides is 3. The molecule has 1 atom stereocenters. The van der Waals surface area contributed by atoms with Crippen molar-refractivity contribution < 1.29 is 22.7 Å². The van der Waals surface area contributed by atoms with Gasteiger partial charge in [-0.1, -0.05) is 0 Å². The number of nitrogens with one attached hydrogen (secondary N) is 1. The van der Waals surface area contributed by atoms with Crippen LogP contribution in [0, 0.1) is 5.92 Å². The van der Waals surface area contributed by atoms with Gasteiger partial charge in [-0.15, -0.1) is 24.8 Å². The maximum atomic E-state index is 12.2. The molecule has 1 aromatic rings. The molecule has 1 heterocycles. The molecular weight excluding hydrogens is 358 g/mol. The molecular formula is C13H18Cl2F3N3O2. The monoisotopic (exact) mass is 375 g/mol. The van der Waals surface area contributed by atoms with Crippen LogP contribution in [0.5, 0.6) is 5.75 Å². The van der Waals surface area contributed by atoms with E-state index in [2.05, 4.69) is 15.0 Å². The third kappa shape index (κ3) is 7.24. The Labute approximate surface area is 144 Å². The first-order valence-corrected chi connectivity index (χ1v) is 6.55. The van der Waals surface area contributed by atoms with Gasteiger partial charge in [0.2, 0.25) is 0 Å². The molecule has 0 saturated heterocycles. The van der Waals surface area contributed by atoms with Crippen LogP contribution in [0.4, 0.5) is 13.2 Å². The molecule has 2 rings (SSSR count). The number of carbonyl (C=O) groups excluding carboxylic acids is 1. The van der Waals surface area contributed by atoms with Gasteiger partial charge in [0, 0.05) is 18.8 Å². The Balaban J connectivity index is 0.00000242. The van der Waals surface area contributed by atoms with Crippen molar-refractivity contribution in [3.8, 4) is 5.75 Å². The summed E-state index contributed by atoms with van der Waals surface area (Å²) in [6.07, 6.45) is -1.07. The van der Waals surface area contributed by atoms with Crippen LogP contribution in [0.2, 0.25) is 0 Å². The van der Waals surface area contributed by atoms with E-state index in [-0.39, 0.29) is 48.8 Å². The molecule has 1 aliphatic carbocycles. The lowest BCUT2D eigenvalue weighted by Crippen LogP contribution is -2.39. The van der Waals surface area contributed by atoms with Crippen LogP contribution in [0.15, 0.2) is 18.3 Å². The second-order valence-electron chi connectivity index (χ2n) is 4.97. The molecule has 0 aromatic carbocycles. The van der Waals surface area contributed by atoms with E-state index in [0.717, 1.165) is 12.8 Å². The van der Waals surface area contributed by atoms with Crippen molar-refractivity contribution in [2.24, 2.45) is 11.7 Å². The molecule has 0 spiro atoms. The van der Waals surface area contributed by atoms with Crippen molar-refractivity contribution >= 4 is 30.7 Å². The number of aromatic nitrogens is 1. The number of nitrogens with two attached hydrogens (primary N) is 1. The first-order valence-electron chi connectivity index (χ1n) is 6.55. The highest BCUT2D eigenvalue weighted by Crippen LogP contribution is 2.31. The average Bonchev–Trinajstić information content (AvgIpc) is 3.26. The van der Waals surface area contributed by atoms with E-state index in [9.17, 15) is 18.0 Å². The van der Waals surface area contributed by atoms with Crippen LogP contribution < -0.4 is 15.8 Å². The molecule has 132 valence electrons. The first kappa shape index (κ1) is 21.8. The molecule has 23 heavy (non-hydrogen) atoms. The number of ether oxygens (including phenoxy) is 1. The summed E-state index contributed by atoms with van der Waals surface area (Å²) in [5.41, 5.74) is 5.67. The second-order valence-corrected chi connectivity index (χ2v) is 4.97. The van der Waals surface area contributed by atoms with E-state index in [4.69, 9.17) is 5.73 Å². The minimum atomic E-state index is -4.47. The highest BCUT2D eigenvalue weighted by atomic mass is 35.5. The topological polar surface area (TPSA) is 77.2 Å². The summed E-state index contributed by atoms with van der Waals surface area (Å²) in [4.78, 5) is 15.7. The van der Waals surface area contributed by atoms with Crippen molar-refractivity contribution in [3.05, 3.63) is 24.0 Å². The second kappa shape index (κ2) is 9.14. The van der Waals surface area contributed by atoms with Gasteiger partial charge in [-0.2, -0.15) is 13.2 Å². The molecule has 0 bridgehead atoms. The van der Waals surface area contributed by atoms with E-state index in [0.29, 0.717) is 5.92 Å². The number of pyridine rings is 1. The third-order valence-corrected chi connectivity index (χ3v) is 3.10. The van der Waals surface area contributed by atoms with E-state index in [1.807, 2.05) is 0 Å². The van der Waals surface area contributed by atoms with Gasteiger partial charge >= 0.3 is 6.18 Å². The SMILES string of the molecule is Cl.Cl.NC(CNC(=O)c1ncccc1OCC(F)(F)F)C1CC1. The molecule has 0 radical (unpaired) electrons. The number of hydrogen-bond acceptors (Lipinski definition) is 4. The third-order valence-electron chi connectivity index (χ3n) is 3.10. The Bertz CT molecular complexity index is 513. The molecule has 10 heteroatoms. The Hall–Kier alpha value is -1.25. The standard InChI is InChI=1S/C13H16F3N3O2.2ClH/c14-13(15,16)7-21-10-2-1-5-18-11(10)12(20)19-6-9(17)8-3-4-8;;/h1-2,5,8-9H,3-4,6-7,17H2,(H,19,20);2*1H. The van der Waals surface area contributed by atoms with Gasteiger partial charge in [0.15, 0.2) is 18.1 Å². The lowest BCUT2D eigenvalue weighted by atomic mass is 10.2. The van der Waals surface area contributed by atoms with Gasteiger partial charge in [0.1, 0.15) is 0 Å². The van der Waals surface area contributed by atoms with Crippen molar-refractivity contribution in [2.75, 3.05) is 13.2 Å². The summed E-state index contributed by atoms with van der Waals surface area (Å²) in [6, 6.07) is 2.53. The smallest absolute Gasteiger partial charge is 0.422 e. The van der Waals surface area contributed by atoms with Gasteiger partial charge in [0.25, 0.3) is 5.91 Å². The molecule has 3 N–H and O–H groups in total. The van der Waals surface area contributed by atoms with Crippen molar-refractivity contribution in [2.45, 2.75) is 25.1 Å². The number of amides is 1. The number of rotatable bonds is 6. The highest BCUT2D eigenvalue weighted by molar-refractivity contribution is 5.94. The van der Waals surface area contributed by atoms with Crippen molar-refractivity contribution in [1.82, 2.24) is 10.3 Å². The van der Waals surface area contributed by atoms with E-state index in [1.54, 1.807) is 0 Å². The largest absolute Gasteiger partial charge is 0.482 e. The van der Waals surface area contributed by atoms with Crippen LogP contribution in [0.3, 0.4) is 0 Å². The Morgan fingerprint density at radius 1 is 1.43 bits per heavy atom. The van der Waals surface area contributed by atoms with Gasteiger partial charge in [-0.25, -0.2) is 4.98 Å². The lowest BCUT2D eigenvalue weighted by molar-refractivity contribution is -0.153. The van der Waals surface area contributed by atoms with Gasteiger partial charge in [-0.3, -0.25) is 4.79 Å². The van der Waals surface area contributed by atoms with E-state index >= 15 is 0 Å². The summed E-state index contributed by atoms with van der Waals surface area (Å²) in [5.74, 6) is -0.383. The maximum absolute atomic E-state index is 12.2. The fourth-order valence-corrected chi connectivity index (χ4v) is 1.82. The quantitative estimate of drug-likeness (QED) is 0.799. The molecule has 1 unspecified atom stereocenters. The highest BCUT2D eigenvalue weighted by Gasteiger charge is 2.30. The zero-order chi connectivity index (χ0) is 15.5. The van der Waals surface area contributed by atoms with Crippen LogP contribution >= 0.6 is 24.8 Å². The minimum absolute atomic E-state index is 0. The lowest BCUT2D eigenvalue weighted by Gasteiger charge is -2.14. The fourth-order valence-electron chi connectivity index (χ4n) is 1.82. The summed E-state index contributed by atoms with van der Waals surface area (Å²) in [5, 5.41) is 2.57. The number of carbonyl (C=O) groups is 1. The molecule has 1 amide bonds. The Morgan fingerprint density at radius 2 is 2.09 bits per heavy atom. The number of hydrogen-bond donors (Lipinski definition) is 2. The van der Waals surface area contributed by atoms with Gasteiger partial charge in [-0.05, 0) is 30.9 Å². The normalized spacial score (nSPS) is 15.0. The predicted octanol–water partition coefficient (Wildman–Crippen LogP) is 2.33. The molecule has 1 aliphatic rings. The van der Waals surface area contributed by atoms with Gasteiger partial charge < -0.3 is 15.8 Å². The van der Waals surface area contributed by atoms with E-state index < -0.39 is 18.7 Å². The van der Waals surface area contributed by atoms with Crippen LogP contribution in [-0.4, -0.2) is 36.3 Å². The Kier molecular flexibility index (Phi) is 8.65. The molecule has 1 saturated carbocycles. The predicted molar refractivity (Wildman–Crippen MR) is 83.3 cm³/mol. The number of nitrogens with zero attached hydrogens (tertiary/aromatic N) is 1.